The number of hydrogen-bond donors (Lipinski definition) is 1. The maximum absolute atomic E-state index is 10.6. The van der Waals surface area contributed by atoms with Gasteiger partial charge in [0.2, 0.25) is 0 Å². The molecule has 14 heavy (non-hydrogen) atoms. The number of aliphatic carboxylic acids is 1. The summed E-state index contributed by atoms with van der Waals surface area (Å²) in [6, 6.07) is 9.85. The van der Waals surface area contributed by atoms with Gasteiger partial charge in [0, 0.05) is 6.42 Å². The first-order valence-electron chi connectivity index (χ1n) is 4.28. The molecule has 1 unspecified atom stereocenters. The van der Waals surface area contributed by atoms with Crippen LogP contribution in [0, 0.1) is 0 Å². The summed E-state index contributed by atoms with van der Waals surface area (Å²) in [6.07, 6.45) is 0.518. The molecule has 1 aliphatic rings. The Morgan fingerprint density at radius 1 is 1.43 bits per heavy atom. The molecule has 72 valence electrons. The van der Waals surface area contributed by atoms with Crippen LogP contribution in [0.2, 0.25) is 0 Å². The van der Waals surface area contributed by atoms with E-state index in [4.69, 9.17) is 5.11 Å². The zero-order valence-electron chi connectivity index (χ0n) is 7.38. The molecule has 1 aromatic rings. The van der Waals surface area contributed by atoms with E-state index in [-0.39, 0.29) is 11.0 Å². The van der Waals surface area contributed by atoms with E-state index in [0.29, 0.717) is 6.42 Å². The van der Waals surface area contributed by atoms with Gasteiger partial charge in [-0.3, -0.25) is 0 Å². The van der Waals surface area contributed by atoms with E-state index in [9.17, 15) is 4.79 Å². The Balaban J connectivity index is 2.10. The molecule has 0 saturated carbocycles. The minimum absolute atomic E-state index is 0.169. The quantitative estimate of drug-likeness (QED) is 0.757. The number of benzene rings is 1. The third kappa shape index (κ3) is 1.80. The Hall–Kier alpha value is -1.29. The Labute approximate surface area is 86.0 Å². The normalized spacial score (nSPS) is 20.6. The van der Waals surface area contributed by atoms with Crippen molar-refractivity contribution in [2.24, 2.45) is 4.40 Å². The summed E-state index contributed by atoms with van der Waals surface area (Å²) in [7, 11) is 0. The fraction of sp³-hybridized carbons (Fsp3) is 0.200. The van der Waals surface area contributed by atoms with Crippen LogP contribution in [0.3, 0.4) is 0 Å². The van der Waals surface area contributed by atoms with Crippen molar-refractivity contribution >= 4 is 23.6 Å². The van der Waals surface area contributed by atoms with Crippen LogP contribution in [0.4, 0.5) is 0 Å². The zero-order valence-corrected chi connectivity index (χ0v) is 8.20. The van der Waals surface area contributed by atoms with Gasteiger partial charge in [0.1, 0.15) is 5.71 Å². The van der Waals surface area contributed by atoms with Crippen molar-refractivity contribution in [1.29, 1.82) is 0 Å². The largest absolute Gasteiger partial charge is 0.477 e. The summed E-state index contributed by atoms with van der Waals surface area (Å²) in [5.41, 5.74) is 1.40. The summed E-state index contributed by atoms with van der Waals surface area (Å²) >= 11 is 1.34. The van der Waals surface area contributed by atoms with Gasteiger partial charge in [-0.2, -0.15) is 0 Å². The number of carboxylic acids is 1. The third-order valence-electron chi connectivity index (χ3n) is 2.09. The van der Waals surface area contributed by atoms with Crippen LogP contribution in [0.25, 0.3) is 0 Å². The lowest BCUT2D eigenvalue weighted by Gasteiger charge is -2.05. The van der Waals surface area contributed by atoms with Gasteiger partial charge in [-0.15, -0.1) is 0 Å². The van der Waals surface area contributed by atoms with Crippen molar-refractivity contribution in [1.82, 2.24) is 0 Å². The van der Waals surface area contributed by atoms with Crippen LogP contribution >= 0.6 is 11.9 Å². The highest BCUT2D eigenvalue weighted by Gasteiger charge is 2.25. The molecule has 0 fully saturated rings. The van der Waals surface area contributed by atoms with E-state index in [1.807, 2.05) is 30.3 Å². The van der Waals surface area contributed by atoms with Crippen molar-refractivity contribution in [3.8, 4) is 0 Å². The summed E-state index contributed by atoms with van der Waals surface area (Å²) in [5, 5.41) is 8.90. The topological polar surface area (TPSA) is 49.7 Å². The van der Waals surface area contributed by atoms with Crippen molar-refractivity contribution in [2.45, 2.75) is 11.7 Å². The third-order valence-corrected chi connectivity index (χ3v) is 3.11. The number of carboxylic acid groups (broad SMARTS) is 1. The summed E-state index contributed by atoms with van der Waals surface area (Å²) in [5.74, 6) is -0.907. The van der Waals surface area contributed by atoms with Gasteiger partial charge in [0.25, 0.3) is 0 Å². The molecular weight excluding hydrogens is 198 g/mol. The van der Waals surface area contributed by atoms with Crippen LogP contribution < -0.4 is 0 Å². The predicted octanol–water partition coefficient (Wildman–Crippen LogP) is 2.31. The monoisotopic (exact) mass is 207 g/mol. The van der Waals surface area contributed by atoms with Gasteiger partial charge in [-0.05, 0) is 17.5 Å². The summed E-state index contributed by atoms with van der Waals surface area (Å²) < 4.78 is 3.93. The lowest BCUT2D eigenvalue weighted by Crippen LogP contribution is -2.10. The van der Waals surface area contributed by atoms with Gasteiger partial charge in [-0.25, -0.2) is 9.19 Å². The van der Waals surface area contributed by atoms with E-state index in [2.05, 4.69) is 4.40 Å². The van der Waals surface area contributed by atoms with Crippen LogP contribution in [0.1, 0.15) is 17.2 Å². The molecule has 1 N–H and O–H groups in total. The van der Waals surface area contributed by atoms with Crippen LogP contribution in [0.5, 0.6) is 0 Å². The molecule has 1 aliphatic heterocycles. The Bertz CT molecular complexity index is 375. The molecule has 0 aromatic heterocycles. The van der Waals surface area contributed by atoms with Gasteiger partial charge in [0.05, 0.1) is 5.25 Å². The van der Waals surface area contributed by atoms with Crippen LogP contribution in [-0.4, -0.2) is 16.8 Å². The molecule has 0 aliphatic carbocycles. The molecule has 0 spiro atoms. The summed E-state index contributed by atoms with van der Waals surface area (Å²) in [4.78, 5) is 10.6. The van der Waals surface area contributed by atoms with E-state index in [1.54, 1.807) is 0 Å². The molecule has 1 aromatic carbocycles. The average molecular weight is 207 g/mol. The molecular formula is C10H9NO2S. The fourth-order valence-electron chi connectivity index (χ4n) is 1.35. The molecule has 0 saturated heterocycles. The standard InChI is InChI=1S/C10H9NO2S/c12-10(13)8-6-9(14-11-8)7-4-2-1-3-5-7/h1-5,9H,6H2,(H,12,13). The van der Waals surface area contributed by atoms with Crippen LogP contribution in [-0.2, 0) is 4.79 Å². The van der Waals surface area contributed by atoms with E-state index in [1.165, 1.54) is 11.9 Å². The minimum atomic E-state index is -0.907. The molecule has 0 radical (unpaired) electrons. The molecule has 0 bridgehead atoms. The minimum Gasteiger partial charge on any atom is -0.477 e. The van der Waals surface area contributed by atoms with E-state index < -0.39 is 5.97 Å². The highest BCUT2D eigenvalue weighted by molar-refractivity contribution is 7.98. The second kappa shape index (κ2) is 3.84. The molecule has 1 heterocycles. The highest BCUT2D eigenvalue weighted by atomic mass is 32.2. The van der Waals surface area contributed by atoms with Crippen molar-refractivity contribution < 1.29 is 9.90 Å². The summed E-state index contributed by atoms with van der Waals surface area (Å²) in [6.45, 7) is 0. The second-order valence-electron chi connectivity index (χ2n) is 3.05. The number of rotatable bonds is 2. The van der Waals surface area contributed by atoms with Gasteiger partial charge in [0.15, 0.2) is 0 Å². The molecule has 4 heteroatoms. The molecule has 2 rings (SSSR count). The SMILES string of the molecule is O=C(O)C1=NSC(c2ccccc2)C1. The van der Waals surface area contributed by atoms with E-state index in [0.717, 1.165) is 5.56 Å². The first kappa shape index (κ1) is 9.27. The fourth-order valence-corrected chi connectivity index (χ4v) is 2.27. The molecule has 3 nitrogen and oxygen atoms in total. The zero-order chi connectivity index (χ0) is 9.97. The number of nitrogens with zero attached hydrogens (tertiary/aromatic N) is 1. The van der Waals surface area contributed by atoms with E-state index >= 15 is 0 Å². The van der Waals surface area contributed by atoms with Gasteiger partial charge < -0.3 is 5.11 Å². The Morgan fingerprint density at radius 2 is 2.14 bits per heavy atom. The molecule has 1 atom stereocenters. The predicted molar refractivity (Wildman–Crippen MR) is 56.5 cm³/mol. The Kier molecular flexibility index (Phi) is 2.54. The highest BCUT2D eigenvalue weighted by Crippen LogP contribution is 2.38. The first-order chi connectivity index (χ1) is 6.77. The van der Waals surface area contributed by atoms with Crippen molar-refractivity contribution in [3.63, 3.8) is 0 Å². The number of carbonyl (C=O) groups is 1. The number of hydrogen-bond acceptors (Lipinski definition) is 3. The second-order valence-corrected chi connectivity index (χ2v) is 4.01. The van der Waals surface area contributed by atoms with Crippen LogP contribution in [0.15, 0.2) is 34.7 Å². The molecule has 0 amide bonds. The maximum Gasteiger partial charge on any atom is 0.350 e. The lowest BCUT2D eigenvalue weighted by molar-refractivity contribution is -0.129. The lowest BCUT2D eigenvalue weighted by atomic mass is 10.1. The van der Waals surface area contributed by atoms with Gasteiger partial charge in [-0.1, -0.05) is 30.3 Å². The van der Waals surface area contributed by atoms with Gasteiger partial charge >= 0.3 is 5.97 Å². The van der Waals surface area contributed by atoms with Crippen molar-refractivity contribution in [2.75, 3.05) is 0 Å². The first-order valence-corrected chi connectivity index (χ1v) is 5.12. The smallest absolute Gasteiger partial charge is 0.350 e. The average Bonchev–Trinajstić information content (AvgIpc) is 2.68. The Morgan fingerprint density at radius 3 is 2.71 bits per heavy atom. The van der Waals surface area contributed by atoms with Crippen molar-refractivity contribution in [3.05, 3.63) is 35.9 Å². The maximum atomic E-state index is 10.6.